The standard InChI is InChI=1S/C17H14N4OS/c1-11(22)21-17(8-15(20-21)12-6-7-23-10-12)16-9-18-13-4-2-3-5-14(13)19-16/h2-7,9-10,17H,8H2,1H3/t17-/m0/s1. The lowest BCUT2D eigenvalue weighted by molar-refractivity contribution is -0.130. The Morgan fingerprint density at radius 1 is 1.26 bits per heavy atom. The lowest BCUT2D eigenvalue weighted by Crippen LogP contribution is -2.25. The molecule has 1 aliphatic heterocycles. The van der Waals surface area contributed by atoms with Gasteiger partial charge in [0.1, 0.15) is 6.04 Å². The maximum atomic E-state index is 12.0. The molecule has 0 aliphatic carbocycles. The maximum absolute atomic E-state index is 12.0. The van der Waals surface area contributed by atoms with Gasteiger partial charge in [-0.15, -0.1) is 0 Å². The van der Waals surface area contributed by atoms with Crippen molar-refractivity contribution in [2.75, 3.05) is 0 Å². The molecule has 23 heavy (non-hydrogen) atoms. The van der Waals surface area contributed by atoms with Crippen molar-refractivity contribution in [2.45, 2.75) is 19.4 Å². The van der Waals surface area contributed by atoms with E-state index in [1.165, 1.54) is 11.9 Å². The van der Waals surface area contributed by atoms with Crippen molar-refractivity contribution in [1.82, 2.24) is 15.0 Å². The molecular weight excluding hydrogens is 308 g/mol. The molecule has 0 unspecified atom stereocenters. The van der Waals surface area contributed by atoms with Crippen LogP contribution >= 0.6 is 11.3 Å². The van der Waals surface area contributed by atoms with Gasteiger partial charge in [0.25, 0.3) is 0 Å². The molecule has 0 saturated heterocycles. The Labute approximate surface area is 137 Å². The van der Waals surface area contributed by atoms with Gasteiger partial charge in [0, 0.05) is 18.9 Å². The van der Waals surface area contributed by atoms with Crippen molar-refractivity contribution in [1.29, 1.82) is 0 Å². The van der Waals surface area contributed by atoms with Gasteiger partial charge in [-0.2, -0.15) is 16.4 Å². The van der Waals surface area contributed by atoms with Gasteiger partial charge < -0.3 is 0 Å². The molecule has 0 fully saturated rings. The summed E-state index contributed by atoms with van der Waals surface area (Å²) < 4.78 is 0. The van der Waals surface area contributed by atoms with E-state index < -0.39 is 0 Å². The lowest BCUT2D eigenvalue weighted by Gasteiger charge is -2.19. The number of carbonyl (C=O) groups is 1. The molecule has 1 aromatic carbocycles. The number of aromatic nitrogens is 2. The van der Waals surface area contributed by atoms with Crippen molar-refractivity contribution in [3.63, 3.8) is 0 Å². The van der Waals surface area contributed by atoms with E-state index in [1.54, 1.807) is 17.5 Å². The minimum Gasteiger partial charge on any atom is -0.273 e. The first-order valence-electron chi connectivity index (χ1n) is 7.34. The molecular formula is C17H14N4OS. The van der Waals surface area contributed by atoms with Crippen molar-refractivity contribution in [3.05, 3.63) is 58.5 Å². The fourth-order valence-electron chi connectivity index (χ4n) is 2.77. The minimum atomic E-state index is -0.195. The van der Waals surface area contributed by atoms with E-state index in [2.05, 4.69) is 15.1 Å². The van der Waals surface area contributed by atoms with Crippen LogP contribution in [0, 0.1) is 0 Å². The highest BCUT2D eigenvalue weighted by molar-refractivity contribution is 7.08. The number of thiophene rings is 1. The Kier molecular flexibility index (Phi) is 3.38. The summed E-state index contributed by atoms with van der Waals surface area (Å²) in [5.41, 5.74) is 4.44. The Bertz CT molecular complexity index is 904. The number of hydrazone groups is 1. The third kappa shape index (κ3) is 2.51. The normalized spacial score (nSPS) is 17.5. The second-order valence-corrected chi connectivity index (χ2v) is 6.21. The first-order chi connectivity index (χ1) is 11.2. The molecule has 2 aromatic heterocycles. The van der Waals surface area contributed by atoms with Crippen LogP contribution in [-0.4, -0.2) is 26.6 Å². The highest BCUT2D eigenvalue weighted by atomic mass is 32.1. The van der Waals surface area contributed by atoms with Crippen LogP contribution in [0.3, 0.4) is 0 Å². The highest BCUT2D eigenvalue weighted by Gasteiger charge is 2.32. The van der Waals surface area contributed by atoms with Gasteiger partial charge in [-0.25, -0.2) is 9.99 Å². The predicted octanol–water partition coefficient (Wildman–Crippen LogP) is 3.39. The smallest absolute Gasteiger partial charge is 0.240 e. The van der Waals surface area contributed by atoms with E-state index in [9.17, 15) is 4.79 Å². The van der Waals surface area contributed by atoms with E-state index in [-0.39, 0.29) is 11.9 Å². The highest BCUT2D eigenvalue weighted by Crippen LogP contribution is 2.32. The van der Waals surface area contributed by atoms with Gasteiger partial charge in [-0.1, -0.05) is 12.1 Å². The van der Waals surface area contributed by atoms with Crippen LogP contribution in [0.4, 0.5) is 0 Å². The second kappa shape index (κ2) is 5.55. The topological polar surface area (TPSA) is 58.5 Å². The summed E-state index contributed by atoms with van der Waals surface area (Å²) in [6.07, 6.45) is 2.40. The summed E-state index contributed by atoms with van der Waals surface area (Å²) in [6, 6.07) is 9.56. The van der Waals surface area contributed by atoms with Gasteiger partial charge in [0.2, 0.25) is 5.91 Å². The molecule has 1 atom stereocenters. The molecule has 0 spiro atoms. The Hall–Kier alpha value is -2.60. The molecule has 0 saturated carbocycles. The zero-order valence-electron chi connectivity index (χ0n) is 12.5. The van der Waals surface area contributed by atoms with E-state index >= 15 is 0 Å². The largest absolute Gasteiger partial charge is 0.273 e. The third-order valence-corrected chi connectivity index (χ3v) is 4.58. The summed E-state index contributed by atoms with van der Waals surface area (Å²) in [5.74, 6) is -0.0878. The average molecular weight is 322 g/mol. The van der Waals surface area contributed by atoms with Crippen molar-refractivity contribution >= 4 is 34.0 Å². The maximum Gasteiger partial charge on any atom is 0.240 e. The first kappa shape index (κ1) is 14.0. The number of fused-ring (bicyclic) bond motifs is 1. The van der Waals surface area contributed by atoms with E-state index in [1.807, 2.05) is 41.1 Å². The fourth-order valence-corrected chi connectivity index (χ4v) is 3.43. The van der Waals surface area contributed by atoms with Crippen LogP contribution in [0.2, 0.25) is 0 Å². The van der Waals surface area contributed by atoms with Crippen LogP contribution in [0.1, 0.15) is 30.6 Å². The fraction of sp³-hybridized carbons (Fsp3) is 0.176. The predicted molar refractivity (Wildman–Crippen MR) is 90.3 cm³/mol. The zero-order valence-corrected chi connectivity index (χ0v) is 13.3. The van der Waals surface area contributed by atoms with Crippen LogP contribution in [0.15, 0.2) is 52.4 Å². The summed E-state index contributed by atoms with van der Waals surface area (Å²) in [6.45, 7) is 1.53. The van der Waals surface area contributed by atoms with Crippen LogP contribution in [-0.2, 0) is 4.79 Å². The van der Waals surface area contributed by atoms with Crippen LogP contribution in [0.5, 0.6) is 0 Å². The van der Waals surface area contributed by atoms with Crippen molar-refractivity contribution < 1.29 is 4.79 Å². The molecule has 3 heterocycles. The van der Waals surface area contributed by atoms with E-state index in [0.29, 0.717) is 6.42 Å². The summed E-state index contributed by atoms with van der Waals surface area (Å²) in [7, 11) is 0. The molecule has 1 amide bonds. The van der Waals surface area contributed by atoms with Crippen LogP contribution < -0.4 is 0 Å². The molecule has 114 valence electrons. The molecule has 3 aromatic rings. The number of carbonyl (C=O) groups excluding carboxylic acids is 1. The quantitative estimate of drug-likeness (QED) is 0.726. The summed E-state index contributed by atoms with van der Waals surface area (Å²) >= 11 is 1.62. The average Bonchev–Trinajstić information content (AvgIpc) is 3.23. The Morgan fingerprint density at radius 2 is 2.09 bits per heavy atom. The molecule has 0 radical (unpaired) electrons. The SMILES string of the molecule is CC(=O)N1N=C(c2ccsc2)C[C@H]1c1cnc2ccccc2n1. The van der Waals surface area contributed by atoms with Gasteiger partial charge in [0.15, 0.2) is 0 Å². The molecule has 6 heteroatoms. The van der Waals surface area contributed by atoms with Crippen LogP contribution in [0.25, 0.3) is 11.0 Å². The number of rotatable bonds is 2. The minimum absolute atomic E-state index is 0.0878. The number of hydrogen-bond donors (Lipinski definition) is 0. The molecule has 0 N–H and O–H groups in total. The second-order valence-electron chi connectivity index (χ2n) is 5.43. The molecule has 1 aliphatic rings. The van der Waals surface area contributed by atoms with Gasteiger partial charge in [-0.3, -0.25) is 9.78 Å². The van der Waals surface area contributed by atoms with E-state index in [4.69, 9.17) is 0 Å². The Balaban J connectivity index is 1.73. The van der Waals surface area contributed by atoms with Gasteiger partial charge in [-0.05, 0) is 29.0 Å². The summed E-state index contributed by atoms with van der Waals surface area (Å²) in [5, 5.41) is 10.1. The van der Waals surface area contributed by atoms with Crippen molar-refractivity contribution in [2.24, 2.45) is 5.10 Å². The summed E-state index contributed by atoms with van der Waals surface area (Å²) in [4.78, 5) is 21.1. The number of nitrogens with zero attached hydrogens (tertiary/aromatic N) is 4. The third-order valence-electron chi connectivity index (χ3n) is 3.90. The monoisotopic (exact) mass is 322 g/mol. The number of hydrogen-bond acceptors (Lipinski definition) is 5. The molecule has 4 rings (SSSR count). The number of amides is 1. The van der Waals surface area contributed by atoms with Gasteiger partial charge >= 0.3 is 0 Å². The van der Waals surface area contributed by atoms with E-state index in [0.717, 1.165) is 28.0 Å². The number of para-hydroxylation sites is 2. The van der Waals surface area contributed by atoms with Gasteiger partial charge in [0.05, 0.1) is 28.6 Å². The first-order valence-corrected chi connectivity index (χ1v) is 8.28. The molecule has 5 nitrogen and oxygen atoms in total. The Morgan fingerprint density at radius 3 is 2.83 bits per heavy atom. The van der Waals surface area contributed by atoms with Crippen molar-refractivity contribution in [3.8, 4) is 0 Å². The molecule has 0 bridgehead atoms. The zero-order chi connectivity index (χ0) is 15.8. The lowest BCUT2D eigenvalue weighted by atomic mass is 10.0. The number of benzene rings is 1.